The minimum atomic E-state index is -1.27. The molecule has 23 heavy (non-hydrogen) atoms. The zero-order valence-corrected chi connectivity index (χ0v) is 13.0. The van der Waals surface area contributed by atoms with E-state index in [9.17, 15) is 18.0 Å². The third-order valence-corrected chi connectivity index (χ3v) is 4.83. The van der Waals surface area contributed by atoms with E-state index in [0.717, 1.165) is 32.4 Å². The van der Waals surface area contributed by atoms with Gasteiger partial charge in [-0.1, -0.05) is 0 Å². The molecular formula is C16H20F3N3O. The van der Waals surface area contributed by atoms with E-state index in [4.69, 9.17) is 0 Å². The third-order valence-electron chi connectivity index (χ3n) is 4.83. The molecule has 7 heteroatoms. The lowest BCUT2D eigenvalue weighted by molar-refractivity contribution is 0.117. The lowest BCUT2D eigenvalue weighted by atomic mass is 9.79. The number of amides is 2. The van der Waals surface area contributed by atoms with E-state index < -0.39 is 23.5 Å². The Hall–Kier alpha value is -1.76. The van der Waals surface area contributed by atoms with Gasteiger partial charge in [0.15, 0.2) is 11.6 Å². The van der Waals surface area contributed by atoms with E-state index in [0.29, 0.717) is 25.2 Å². The van der Waals surface area contributed by atoms with Gasteiger partial charge >= 0.3 is 6.03 Å². The van der Waals surface area contributed by atoms with Gasteiger partial charge in [0.25, 0.3) is 0 Å². The molecule has 1 N–H and O–H groups in total. The molecule has 2 amide bonds. The molecule has 0 unspecified atom stereocenters. The summed E-state index contributed by atoms with van der Waals surface area (Å²) >= 11 is 0. The number of likely N-dealkylation sites (tertiary alicyclic amines) is 2. The summed E-state index contributed by atoms with van der Waals surface area (Å²) in [7, 11) is 2.06. The molecule has 2 aliphatic heterocycles. The van der Waals surface area contributed by atoms with Gasteiger partial charge in [-0.25, -0.2) is 18.0 Å². The van der Waals surface area contributed by atoms with Gasteiger partial charge in [-0.2, -0.15) is 0 Å². The van der Waals surface area contributed by atoms with Crippen LogP contribution in [0.1, 0.15) is 19.3 Å². The van der Waals surface area contributed by atoms with Crippen molar-refractivity contribution in [1.82, 2.24) is 9.80 Å². The number of nitrogens with one attached hydrogen (secondary N) is 1. The Morgan fingerprint density at radius 1 is 1.09 bits per heavy atom. The monoisotopic (exact) mass is 327 g/mol. The van der Waals surface area contributed by atoms with E-state index in [-0.39, 0.29) is 11.1 Å². The molecule has 1 spiro atoms. The fourth-order valence-electron chi connectivity index (χ4n) is 3.69. The van der Waals surface area contributed by atoms with Crippen molar-refractivity contribution in [3.63, 3.8) is 0 Å². The SMILES string of the molecule is CN1CC[C@@]2(CCCN(C(=O)Nc3cc(F)c(F)cc3F)C2)C1. The number of hydrogen-bond donors (Lipinski definition) is 1. The Labute approximate surface area is 133 Å². The van der Waals surface area contributed by atoms with Crippen molar-refractivity contribution < 1.29 is 18.0 Å². The maximum atomic E-state index is 13.7. The second-order valence-electron chi connectivity index (χ2n) is 6.69. The number of carbonyl (C=O) groups is 1. The van der Waals surface area contributed by atoms with Gasteiger partial charge < -0.3 is 15.1 Å². The average Bonchev–Trinajstić information content (AvgIpc) is 2.85. The van der Waals surface area contributed by atoms with Crippen molar-refractivity contribution >= 4 is 11.7 Å². The van der Waals surface area contributed by atoms with E-state index in [2.05, 4.69) is 17.3 Å². The van der Waals surface area contributed by atoms with Crippen LogP contribution in [0.15, 0.2) is 12.1 Å². The van der Waals surface area contributed by atoms with Gasteiger partial charge in [0.05, 0.1) is 5.69 Å². The lowest BCUT2D eigenvalue weighted by Crippen LogP contribution is -2.48. The normalized spacial score (nSPS) is 25.1. The van der Waals surface area contributed by atoms with Crippen LogP contribution in [0.4, 0.5) is 23.7 Å². The molecule has 2 aliphatic rings. The Morgan fingerprint density at radius 3 is 2.52 bits per heavy atom. The van der Waals surface area contributed by atoms with Gasteiger partial charge in [0.2, 0.25) is 0 Å². The first-order valence-electron chi connectivity index (χ1n) is 7.78. The molecule has 2 heterocycles. The summed E-state index contributed by atoms with van der Waals surface area (Å²) in [5, 5.41) is 2.36. The third kappa shape index (κ3) is 3.29. The van der Waals surface area contributed by atoms with Crippen molar-refractivity contribution in [2.75, 3.05) is 38.5 Å². The first-order valence-corrected chi connectivity index (χ1v) is 7.78. The quantitative estimate of drug-likeness (QED) is 0.805. The van der Waals surface area contributed by atoms with Crippen LogP contribution < -0.4 is 5.32 Å². The number of anilines is 1. The second-order valence-corrected chi connectivity index (χ2v) is 6.69. The molecular weight excluding hydrogens is 307 g/mol. The molecule has 0 radical (unpaired) electrons. The summed E-state index contributed by atoms with van der Waals surface area (Å²) < 4.78 is 39.8. The fraction of sp³-hybridized carbons (Fsp3) is 0.562. The molecule has 0 aliphatic carbocycles. The van der Waals surface area contributed by atoms with Crippen LogP contribution in [0.5, 0.6) is 0 Å². The van der Waals surface area contributed by atoms with Crippen LogP contribution in [0.2, 0.25) is 0 Å². The predicted octanol–water partition coefficient (Wildman–Crippen LogP) is 3.05. The molecule has 3 rings (SSSR count). The minimum Gasteiger partial charge on any atom is -0.324 e. The highest BCUT2D eigenvalue weighted by molar-refractivity contribution is 5.89. The molecule has 2 saturated heterocycles. The standard InChI is InChI=1S/C16H20F3N3O/c1-21-6-4-16(9-21)3-2-5-22(10-16)15(23)20-14-8-12(18)11(17)7-13(14)19/h7-8H,2-6,9-10H2,1H3,(H,20,23)/t16-/m0/s1. The fourth-order valence-corrected chi connectivity index (χ4v) is 3.69. The van der Waals surface area contributed by atoms with Gasteiger partial charge in [0, 0.05) is 37.2 Å². The van der Waals surface area contributed by atoms with E-state index in [1.54, 1.807) is 4.90 Å². The molecule has 1 atom stereocenters. The number of rotatable bonds is 1. The van der Waals surface area contributed by atoms with Gasteiger partial charge in [-0.3, -0.25) is 0 Å². The first-order chi connectivity index (χ1) is 10.9. The van der Waals surface area contributed by atoms with Crippen LogP contribution in [0.3, 0.4) is 0 Å². The highest BCUT2D eigenvalue weighted by atomic mass is 19.2. The van der Waals surface area contributed by atoms with Crippen LogP contribution in [-0.4, -0.2) is 49.1 Å². The Kier molecular flexibility index (Phi) is 4.23. The van der Waals surface area contributed by atoms with Gasteiger partial charge in [0.1, 0.15) is 5.82 Å². The van der Waals surface area contributed by atoms with Crippen molar-refractivity contribution in [2.24, 2.45) is 5.41 Å². The van der Waals surface area contributed by atoms with E-state index in [1.165, 1.54) is 0 Å². The highest BCUT2D eigenvalue weighted by Gasteiger charge is 2.41. The summed E-state index contributed by atoms with van der Waals surface area (Å²) in [5.41, 5.74) is -0.242. The summed E-state index contributed by atoms with van der Waals surface area (Å²) in [6, 6.07) is 0.642. The highest BCUT2D eigenvalue weighted by Crippen LogP contribution is 2.38. The van der Waals surface area contributed by atoms with Crippen LogP contribution in [0.25, 0.3) is 0 Å². The Morgan fingerprint density at radius 2 is 1.83 bits per heavy atom. The van der Waals surface area contributed by atoms with Crippen LogP contribution in [0, 0.1) is 22.9 Å². The summed E-state index contributed by atoms with van der Waals surface area (Å²) in [4.78, 5) is 16.2. The van der Waals surface area contributed by atoms with Crippen LogP contribution in [-0.2, 0) is 0 Å². The van der Waals surface area contributed by atoms with E-state index >= 15 is 0 Å². The zero-order valence-electron chi connectivity index (χ0n) is 13.0. The average molecular weight is 327 g/mol. The predicted molar refractivity (Wildman–Crippen MR) is 80.7 cm³/mol. The molecule has 0 bridgehead atoms. The lowest BCUT2D eigenvalue weighted by Gasteiger charge is -2.40. The molecule has 1 aromatic rings. The molecule has 2 fully saturated rings. The second kappa shape index (κ2) is 6.03. The number of benzene rings is 1. The van der Waals surface area contributed by atoms with E-state index in [1.807, 2.05) is 0 Å². The van der Waals surface area contributed by atoms with Crippen molar-refractivity contribution in [3.8, 4) is 0 Å². The Balaban J connectivity index is 1.70. The van der Waals surface area contributed by atoms with Gasteiger partial charge in [-0.05, 0) is 32.9 Å². The van der Waals surface area contributed by atoms with Crippen LogP contribution >= 0.6 is 0 Å². The van der Waals surface area contributed by atoms with Crippen molar-refractivity contribution in [3.05, 3.63) is 29.6 Å². The summed E-state index contributed by atoms with van der Waals surface area (Å²) in [5.74, 6) is -3.44. The number of halogens is 3. The summed E-state index contributed by atoms with van der Waals surface area (Å²) in [6.07, 6.45) is 3.00. The zero-order chi connectivity index (χ0) is 16.6. The topological polar surface area (TPSA) is 35.6 Å². The summed E-state index contributed by atoms with van der Waals surface area (Å²) in [6.45, 7) is 3.14. The van der Waals surface area contributed by atoms with Crippen molar-refractivity contribution in [1.29, 1.82) is 0 Å². The maximum absolute atomic E-state index is 13.7. The number of carbonyl (C=O) groups excluding carboxylic acids is 1. The number of urea groups is 1. The molecule has 4 nitrogen and oxygen atoms in total. The Bertz CT molecular complexity index is 621. The molecule has 0 saturated carbocycles. The molecule has 1 aromatic carbocycles. The largest absolute Gasteiger partial charge is 0.324 e. The van der Waals surface area contributed by atoms with Crippen molar-refractivity contribution in [2.45, 2.75) is 19.3 Å². The van der Waals surface area contributed by atoms with Gasteiger partial charge in [-0.15, -0.1) is 0 Å². The minimum absolute atomic E-state index is 0.0942. The maximum Gasteiger partial charge on any atom is 0.321 e. The first kappa shape index (κ1) is 16.1. The smallest absolute Gasteiger partial charge is 0.321 e. The number of nitrogens with zero attached hydrogens (tertiary/aromatic N) is 2. The molecule has 0 aromatic heterocycles. The number of hydrogen-bond acceptors (Lipinski definition) is 2. The molecule has 126 valence electrons. The number of piperidine rings is 1.